The Kier molecular flexibility index (Phi) is 5.75. The number of nitrogens with one attached hydrogen (secondary N) is 2. The van der Waals surface area contributed by atoms with E-state index in [-0.39, 0.29) is 16.1 Å². The van der Waals surface area contributed by atoms with Gasteiger partial charge in [0.25, 0.3) is 11.8 Å². The number of esters is 1. The number of hydrogen-bond acceptors (Lipinski definition) is 6. The number of alkyl halides is 3. The van der Waals surface area contributed by atoms with Gasteiger partial charge in [-0.15, -0.1) is 11.3 Å². The summed E-state index contributed by atoms with van der Waals surface area (Å²) in [7, 11) is 0.766. The molecule has 0 aliphatic heterocycles. The lowest BCUT2D eigenvalue weighted by Crippen LogP contribution is -2.69. The number of amides is 2. The number of halogens is 3. The number of rotatable bonds is 6. The van der Waals surface area contributed by atoms with Gasteiger partial charge < -0.3 is 21.1 Å². The predicted octanol–water partition coefficient (Wildman–Crippen LogP) is 2.61. The number of aryl methyl sites for hydroxylation is 1. The lowest BCUT2D eigenvalue weighted by molar-refractivity contribution is -0.203. The van der Waals surface area contributed by atoms with Gasteiger partial charge in [-0.3, -0.25) is 9.59 Å². The first-order chi connectivity index (χ1) is 14.1. The molecule has 0 bridgehead atoms. The fraction of sp³-hybridized carbons (Fsp3) is 0.316. The van der Waals surface area contributed by atoms with Crippen molar-refractivity contribution in [1.82, 2.24) is 5.32 Å². The van der Waals surface area contributed by atoms with Gasteiger partial charge in [0.2, 0.25) is 0 Å². The molecule has 2 amide bonds. The van der Waals surface area contributed by atoms with Crippen molar-refractivity contribution >= 4 is 34.1 Å². The smallest absolute Gasteiger partial charge is 0.441 e. The van der Waals surface area contributed by atoms with E-state index in [0.717, 1.165) is 24.9 Å². The molecule has 1 aromatic carbocycles. The van der Waals surface area contributed by atoms with Crippen LogP contribution in [0.4, 0.5) is 18.2 Å². The zero-order valence-corrected chi connectivity index (χ0v) is 16.6. The Hall–Kier alpha value is -3.08. The Morgan fingerprint density at radius 3 is 2.37 bits per heavy atom. The molecule has 0 spiro atoms. The van der Waals surface area contributed by atoms with Crippen molar-refractivity contribution in [3.05, 3.63) is 51.9 Å². The number of thiophene rings is 1. The summed E-state index contributed by atoms with van der Waals surface area (Å²) in [4.78, 5) is 37.6. The van der Waals surface area contributed by atoms with Gasteiger partial charge >= 0.3 is 17.8 Å². The fourth-order valence-corrected chi connectivity index (χ4v) is 4.65. The van der Waals surface area contributed by atoms with Crippen LogP contribution in [0.3, 0.4) is 0 Å². The summed E-state index contributed by atoms with van der Waals surface area (Å²) in [6, 6.07) is 7.10. The molecule has 1 aliphatic carbocycles. The second-order valence-electron chi connectivity index (χ2n) is 6.61. The molecule has 0 fully saturated rings. The van der Waals surface area contributed by atoms with Crippen molar-refractivity contribution in [2.24, 2.45) is 5.73 Å². The molecule has 30 heavy (non-hydrogen) atoms. The van der Waals surface area contributed by atoms with Gasteiger partial charge in [-0.05, 0) is 37.0 Å². The third-order valence-corrected chi connectivity index (χ3v) is 5.93. The molecule has 160 valence electrons. The minimum absolute atomic E-state index is 0.0966. The van der Waals surface area contributed by atoms with E-state index in [4.69, 9.17) is 5.73 Å². The van der Waals surface area contributed by atoms with Crippen molar-refractivity contribution in [3.63, 3.8) is 0 Å². The van der Waals surface area contributed by atoms with Crippen molar-refractivity contribution in [3.8, 4) is 0 Å². The van der Waals surface area contributed by atoms with E-state index in [9.17, 15) is 27.6 Å². The summed E-state index contributed by atoms with van der Waals surface area (Å²) in [5.41, 5.74) is 2.13. The summed E-state index contributed by atoms with van der Waals surface area (Å²) in [5, 5.41) is 3.52. The van der Waals surface area contributed by atoms with Crippen LogP contribution in [0.25, 0.3) is 0 Å². The molecule has 0 saturated heterocycles. The topological polar surface area (TPSA) is 111 Å². The molecule has 7 nitrogen and oxygen atoms in total. The highest BCUT2D eigenvalue weighted by Gasteiger charge is 2.64. The van der Waals surface area contributed by atoms with Crippen LogP contribution in [0.15, 0.2) is 30.3 Å². The standard InChI is InChI=1S/C19H18F3N3O4S/c1-29-17(28)18(19(20,21)22,24-15(27)10-6-3-2-4-7-10)25-16-13(14(23)26)11-8-5-9-12(11)30-16/h2-4,6-7,25H,5,8-9H2,1H3,(H2,23,26)(H,24,27)/t18-/m0/s1. The van der Waals surface area contributed by atoms with Crippen LogP contribution in [-0.4, -0.2) is 36.7 Å². The summed E-state index contributed by atoms with van der Waals surface area (Å²) >= 11 is 0.900. The molecule has 0 saturated carbocycles. The van der Waals surface area contributed by atoms with Crippen molar-refractivity contribution < 1.29 is 32.3 Å². The van der Waals surface area contributed by atoms with Gasteiger partial charge in [0.15, 0.2) is 0 Å². The molecule has 1 aliphatic rings. The number of ether oxygens (including phenoxy) is 1. The monoisotopic (exact) mass is 441 g/mol. The number of carbonyl (C=O) groups excluding carboxylic acids is 3. The van der Waals surface area contributed by atoms with Crippen LogP contribution >= 0.6 is 11.3 Å². The molecule has 1 heterocycles. The molecule has 0 unspecified atom stereocenters. The van der Waals surface area contributed by atoms with E-state index < -0.39 is 29.6 Å². The van der Waals surface area contributed by atoms with Crippen LogP contribution in [0.1, 0.15) is 37.6 Å². The number of nitrogens with two attached hydrogens (primary N) is 1. The summed E-state index contributed by atoms with van der Waals surface area (Å²) in [6.07, 6.45) is -3.50. The number of fused-ring (bicyclic) bond motifs is 1. The zero-order chi connectivity index (χ0) is 22.1. The number of hydrogen-bond donors (Lipinski definition) is 3. The van der Waals surface area contributed by atoms with Crippen LogP contribution in [0.2, 0.25) is 0 Å². The number of primary amides is 1. The van der Waals surface area contributed by atoms with Crippen LogP contribution in [-0.2, 0) is 22.4 Å². The summed E-state index contributed by atoms with van der Waals surface area (Å²) < 4.78 is 47.0. The molecule has 11 heteroatoms. The van der Waals surface area contributed by atoms with Gasteiger partial charge in [-0.1, -0.05) is 18.2 Å². The van der Waals surface area contributed by atoms with Gasteiger partial charge in [0, 0.05) is 10.4 Å². The van der Waals surface area contributed by atoms with Gasteiger partial charge in [0.1, 0.15) is 5.00 Å². The highest BCUT2D eigenvalue weighted by atomic mass is 32.1. The first kappa shape index (κ1) is 21.6. The maximum atomic E-state index is 14.2. The Labute approximate surface area is 173 Å². The first-order valence-electron chi connectivity index (χ1n) is 8.86. The number of benzene rings is 1. The Morgan fingerprint density at radius 2 is 1.80 bits per heavy atom. The van der Waals surface area contributed by atoms with Crippen molar-refractivity contribution in [2.45, 2.75) is 31.1 Å². The summed E-state index contributed by atoms with van der Waals surface area (Å²) in [6.45, 7) is 0. The minimum atomic E-state index is -5.31. The molecule has 1 atom stereocenters. The highest BCUT2D eigenvalue weighted by molar-refractivity contribution is 7.16. The fourth-order valence-electron chi connectivity index (χ4n) is 3.30. The number of anilines is 1. The van der Waals surface area contributed by atoms with Gasteiger partial charge in [-0.2, -0.15) is 13.2 Å². The lowest BCUT2D eigenvalue weighted by atomic mass is 10.1. The van der Waals surface area contributed by atoms with E-state index in [2.05, 4.69) is 4.74 Å². The maximum absolute atomic E-state index is 14.2. The number of methoxy groups -OCH3 is 1. The van der Waals surface area contributed by atoms with Crippen LogP contribution < -0.4 is 16.4 Å². The number of carbonyl (C=O) groups is 3. The Balaban J connectivity index is 2.10. The Morgan fingerprint density at radius 1 is 1.13 bits per heavy atom. The van der Waals surface area contributed by atoms with Crippen LogP contribution in [0, 0.1) is 0 Å². The molecule has 3 rings (SSSR count). The second-order valence-corrected chi connectivity index (χ2v) is 7.72. The molecular formula is C19H18F3N3O4S. The van der Waals surface area contributed by atoms with E-state index in [0.29, 0.717) is 23.3 Å². The average Bonchev–Trinajstić information content (AvgIpc) is 3.26. The van der Waals surface area contributed by atoms with Crippen molar-refractivity contribution in [2.75, 3.05) is 12.4 Å². The lowest BCUT2D eigenvalue weighted by Gasteiger charge is -2.34. The second kappa shape index (κ2) is 7.98. The van der Waals surface area contributed by atoms with Crippen LogP contribution in [0.5, 0.6) is 0 Å². The van der Waals surface area contributed by atoms with Gasteiger partial charge in [-0.25, -0.2) is 4.79 Å². The maximum Gasteiger partial charge on any atom is 0.441 e. The minimum Gasteiger partial charge on any atom is -0.466 e. The molecule has 0 radical (unpaired) electrons. The van der Waals surface area contributed by atoms with Crippen molar-refractivity contribution in [1.29, 1.82) is 0 Å². The summed E-state index contributed by atoms with van der Waals surface area (Å²) in [5.74, 6) is -3.87. The van der Waals surface area contributed by atoms with E-state index >= 15 is 0 Å². The van der Waals surface area contributed by atoms with E-state index in [1.54, 1.807) is 11.4 Å². The third kappa shape index (κ3) is 3.72. The highest BCUT2D eigenvalue weighted by Crippen LogP contribution is 2.42. The molecular weight excluding hydrogens is 423 g/mol. The van der Waals surface area contributed by atoms with Gasteiger partial charge in [0.05, 0.1) is 12.7 Å². The third-order valence-electron chi connectivity index (χ3n) is 4.72. The molecule has 1 aromatic heterocycles. The Bertz CT molecular complexity index is 991. The van der Waals surface area contributed by atoms with E-state index in [1.165, 1.54) is 24.3 Å². The quantitative estimate of drug-likeness (QED) is 0.472. The first-order valence-corrected chi connectivity index (χ1v) is 9.67. The van der Waals surface area contributed by atoms with E-state index in [1.807, 2.05) is 5.32 Å². The average molecular weight is 441 g/mol. The SMILES string of the molecule is COC(=O)[C@](NC(=O)c1ccccc1)(Nc1sc2c(c1C(N)=O)CCC2)C(F)(F)F. The molecule has 4 N–H and O–H groups in total. The predicted molar refractivity (Wildman–Crippen MR) is 103 cm³/mol. The zero-order valence-electron chi connectivity index (χ0n) is 15.8. The molecule has 2 aromatic rings. The normalized spacial score (nSPS) is 15.1. The largest absolute Gasteiger partial charge is 0.466 e.